The van der Waals surface area contributed by atoms with Crippen LogP contribution in [0.1, 0.15) is 51.0 Å². The van der Waals surface area contributed by atoms with Crippen LogP contribution >= 0.6 is 0 Å². The lowest BCUT2D eigenvalue weighted by Gasteiger charge is -2.24. The third kappa shape index (κ3) is 3.52. The Balaban J connectivity index is 1.63. The van der Waals surface area contributed by atoms with Crippen molar-refractivity contribution in [2.45, 2.75) is 57.3 Å². The summed E-state index contributed by atoms with van der Waals surface area (Å²) in [5.41, 5.74) is 2.25. The fraction of sp³-hybridized carbons (Fsp3) is 0.550. The molecule has 134 valence electrons. The van der Waals surface area contributed by atoms with Gasteiger partial charge in [0.1, 0.15) is 0 Å². The first kappa shape index (κ1) is 16.5. The highest BCUT2D eigenvalue weighted by molar-refractivity contribution is 5.64. The van der Waals surface area contributed by atoms with Crippen LogP contribution in [0.4, 0.5) is 0 Å². The molecule has 2 fully saturated rings. The Morgan fingerprint density at radius 3 is 2.68 bits per heavy atom. The van der Waals surface area contributed by atoms with Crippen LogP contribution in [0.5, 0.6) is 11.5 Å². The van der Waals surface area contributed by atoms with E-state index in [1.54, 1.807) is 7.11 Å². The lowest BCUT2D eigenvalue weighted by atomic mass is 9.95. The molecule has 5 heteroatoms. The Labute approximate surface area is 148 Å². The zero-order chi connectivity index (χ0) is 17.1. The number of aromatic nitrogens is 2. The molecule has 1 aromatic carbocycles. The van der Waals surface area contributed by atoms with Gasteiger partial charge in [-0.3, -0.25) is 4.68 Å². The minimum atomic E-state index is -0.174. The van der Waals surface area contributed by atoms with Crippen LogP contribution in [0.2, 0.25) is 0 Å². The average molecular weight is 342 g/mol. The molecule has 0 N–H and O–H groups in total. The highest BCUT2D eigenvalue weighted by Crippen LogP contribution is 2.36. The minimum absolute atomic E-state index is 0.174. The second-order valence-electron chi connectivity index (χ2n) is 6.88. The van der Waals surface area contributed by atoms with Gasteiger partial charge in [-0.05, 0) is 43.5 Å². The molecule has 1 aliphatic heterocycles. The largest absolute Gasteiger partial charge is 0.493 e. The predicted octanol–water partition coefficient (Wildman–Crippen LogP) is 4.58. The maximum atomic E-state index is 6.04. The van der Waals surface area contributed by atoms with Crippen molar-refractivity contribution in [3.63, 3.8) is 0 Å². The van der Waals surface area contributed by atoms with E-state index in [1.807, 2.05) is 12.3 Å². The summed E-state index contributed by atoms with van der Waals surface area (Å²) >= 11 is 0. The van der Waals surface area contributed by atoms with Crippen LogP contribution in [0, 0.1) is 0 Å². The van der Waals surface area contributed by atoms with Gasteiger partial charge >= 0.3 is 0 Å². The van der Waals surface area contributed by atoms with Gasteiger partial charge in [-0.1, -0.05) is 19.3 Å². The summed E-state index contributed by atoms with van der Waals surface area (Å²) in [5.74, 6) is 1.48. The van der Waals surface area contributed by atoms with Crippen molar-refractivity contribution < 1.29 is 14.2 Å². The fourth-order valence-corrected chi connectivity index (χ4v) is 3.87. The van der Waals surface area contributed by atoms with Crippen molar-refractivity contribution in [3.8, 4) is 22.8 Å². The van der Waals surface area contributed by atoms with Crippen LogP contribution in [-0.2, 0) is 4.74 Å². The van der Waals surface area contributed by atoms with Crippen LogP contribution in [0.3, 0.4) is 0 Å². The van der Waals surface area contributed by atoms with Gasteiger partial charge in [0.15, 0.2) is 17.8 Å². The quantitative estimate of drug-likeness (QED) is 0.798. The number of hydrogen-bond acceptors (Lipinski definition) is 4. The maximum absolute atomic E-state index is 6.04. The Kier molecular flexibility index (Phi) is 4.92. The van der Waals surface area contributed by atoms with Crippen molar-refractivity contribution in [1.29, 1.82) is 0 Å². The molecule has 25 heavy (non-hydrogen) atoms. The van der Waals surface area contributed by atoms with Crippen molar-refractivity contribution in [2.24, 2.45) is 0 Å². The van der Waals surface area contributed by atoms with Gasteiger partial charge in [0, 0.05) is 18.2 Å². The second-order valence-corrected chi connectivity index (χ2v) is 6.88. The molecule has 2 aromatic rings. The number of hydrogen-bond donors (Lipinski definition) is 0. The summed E-state index contributed by atoms with van der Waals surface area (Å²) in [4.78, 5) is 0. The van der Waals surface area contributed by atoms with Crippen molar-refractivity contribution in [1.82, 2.24) is 9.78 Å². The van der Waals surface area contributed by atoms with E-state index in [2.05, 4.69) is 28.0 Å². The third-order valence-electron chi connectivity index (χ3n) is 5.20. The SMILES string of the molecule is COc1ccc(-c2ccnn2C2CCCCC2)cc1O[C@H]1CCCO1. The Morgan fingerprint density at radius 2 is 1.92 bits per heavy atom. The van der Waals surface area contributed by atoms with E-state index in [-0.39, 0.29) is 6.29 Å². The molecule has 4 rings (SSSR count). The molecule has 1 saturated heterocycles. The van der Waals surface area contributed by atoms with Gasteiger partial charge in [-0.25, -0.2) is 0 Å². The van der Waals surface area contributed by atoms with E-state index in [0.29, 0.717) is 6.04 Å². The van der Waals surface area contributed by atoms with E-state index in [4.69, 9.17) is 14.2 Å². The molecule has 2 heterocycles. The molecule has 0 unspecified atom stereocenters. The minimum Gasteiger partial charge on any atom is -0.493 e. The zero-order valence-electron chi connectivity index (χ0n) is 14.8. The molecule has 0 bridgehead atoms. The monoisotopic (exact) mass is 342 g/mol. The number of ether oxygens (including phenoxy) is 3. The van der Waals surface area contributed by atoms with Crippen LogP contribution in [0.15, 0.2) is 30.5 Å². The molecule has 5 nitrogen and oxygen atoms in total. The fourth-order valence-electron chi connectivity index (χ4n) is 3.87. The number of rotatable bonds is 5. The van der Waals surface area contributed by atoms with Gasteiger partial charge in [-0.15, -0.1) is 0 Å². The van der Waals surface area contributed by atoms with Gasteiger partial charge in [-0.2, -0.15) is 5.10 Å². The van der Waals surface area contributed by atoms with Crippen molar-refractivity contribution in [3.05, 3.63) is 30.5 Å². The standard InChI is InChI=1S/C20H26N2O3/c1-23-18-10-9-15(14-19(18)25-20-8-5-13-24-20)17-11-12-21-22(17)16-6-3-2-4-7-16/h9-12,14,16,20H,2-8,13H2,1H3/t20-/m0/s1. The summed E-state index contributed by atoms with van der Waals surface area (Å²) in [5, 5.41) is 4.61. The molecule has 0 spiro atoms. The molecule has 0 amide bonds. The summed E-state index contributed by atoms with van der Waals surface area (Å²) in [6, 6.07) is 8.70. The molecular formula is C20H26N2O3. The predicted molar refractivity (Wildman–Crippen MR) is 95.9 cm³/mol. The van der Waals surface area contributed by atoms with Crippen molar-refractivity contribution in [2.75, 3.05) is 13.7 Å². The van der Waals surface area contributed by atoms with Gasteiger partial charge in [0.2, 0.25) is 0 Å². The third-order valence-corrected chi connectivity index (χ3v) is 5.20. The van der Waals surface area contributed by atoms with Crippen LogP contribution < -0.4 is 9.47 Å². The normalized spacial score (nSPS) is 21.4. The Hall–Kier alpha value is -2.01. The summed E-state index contributed by atoms with van der Waals surface area (Å²) in [7, 11) is 1.67. The van der Waals surface area contributed by atoms with Gasteiger partial charge in [0.05, 0.1) is 25.5 Å². The van der Waals surface area contributed by atoms with E-state index >= 15 is 0 Å². The van der Waals surface area contributed by atoms with E-state index < -0.39 is 0 Å². The average Bonchev–Trinajstić information content (AvgIpc) is 3.34. The summed E-state index contributed by atoms with van der Waals surface area (Å²) < 4.78 is 19.3. The summed E-state index contributed by atoms with van der Waals surface area (Å²) in [6.07, 6.45) is 10.0. The zero-order valence-corrected chi connectivity index (χ0v) is 14.8. The number of methoxy groups -OCH3 is 1. The van der Waals surface area contributed by atoms with Gasteiger partial charge < -0.3 is 14.2 Å². The molecule has 2 aliphatic rings. The van der Waals surface area contributed by atoms with Crippen molar-refractivity contribution >= 4 is 0 Å². The second kappa shape index (κ2) is 7.48. The van der Waals surface area contributed by atoms with Gasteiger partial charge in [0.25, 0.3) is 0 Å². The number of nitrogens with zero attached hydrogens (tertiary/aromatic N) is 2. The smallest absolute Gasteiger partial charge is 0.200 e. The van der Waals surface area contributed by atoms with Crippen LogP contribution in [0.25, 0.3) is 11.3 Å². The van der Waals surface area contributed by atoms with E-state index in [1.165, 1.54) is 32.1 Å². The Morgan fingerprint density at radius 1 is 1.04 bits per heavy atom. The molecule has 1 atom stereocenters. The molecule has 1 aromatic heterocycles. The molecular weight excluding hydrogens is 316 g/mol. The first-order valence-corrected chi connectivity index (χ1v) is 9.35. The summed E-state index contributed by atoms with van der Waals surface area (Å²) in [6.45, 7) is 0.765. The Bertz CT molecular complexity index is 701. The highest BCUT2D eigenvalue weighted by atomic mass is 16.7. The lowest BCUT2D eigenvalue weighted by molar-refractivity contribution is -0.0402. The van der Waals surface area contributed by atoms with E-state index in [9.17, 15) is 0 Å². The van der Waals surface area contributed by atoms with E-state index in [0.717, 1.165) is 42.2 Å². The maximum Gasteiger partial charge on any atom is 0.200 e. The van der Waals surface area contributed by atoms with Crippen LogP contribution in [-0.4, -0.2) is 29.8 Å². The number of benzene rings is 1. The first-order valence-electron chi connectivity index (χ1n) is 9.35. The molecule has 1 saturated carbocycles. The molecule has 0 radical (unpaired) electrons. The lowest BCUT2D eigenvalue weighted by Crippen LogP contribution is -2.16. The first-order chi connectivity index (χ1) is 12.3. The highest BCUT2D eigenvalue weighted by Gasteiger charge is 2.22. The topological polar surface area (TPSA) is 45.5 Å². The molecule has 1 aliphatic carbocycles.